The highest BCUT2D eigenvalue weighted by Gasteiger charge is 2.17. The van der Waals surface area contributed by atoms with Crippen LogP contribution in [-0.4, -0.2) is 14.5 Å². The quantitative estimate of drug-likeness (QED) is 0.745. The molecule has 2 heterocycles. The van der Waals surface area contributed by atoms with Crippen LogP contribution in [0.25, 0.3) is 10.9 Å². The molecule has 0 aliphatic heterocycles. The van der Waals surface area contributed by atoms with Gasteiger partial charge in [-0.15, -0.1) is 0 Å². The first-order valence-electron chi connectivity index (χ1n) is 7.19. The average molecular weight is 297 g/mol. The van der Waals surface area contributed by atoms with Gasteiger partial charge in [0.2, 0.25) is 0 Å². The summed E-state index contributed by atoms with van der Waals surface area (Å²) in [6.45, 7) is 3.92. The molecule has 4 nitrogen and oxygen atoms in total. The van der Waals surface area contributed by atoms with Crippen molar-refractivity contribution in [3.8, 4) is 0 Å². The lowest BCUT2D eigenvalue weighted by molar-refractivity contribution is 0.528. The number of hydrogen-bond donors (Lipinski definition) is 0. The van der Waals surface area contributed by atoms with Gasteiger partial charge in [0.25, 0.3) is 5.56 Å². The highest BCUT2D eigenvalue weighted by molar-refractivity contribution is 5.77. The summed E-state index contributed by atoms with van der Waals surface area (Å²) in [6.07, 6.45) is 3.90. The zero-order valence-corrected chi connectivity index (χ0v) is 12.5. The zero-order chi connectivity index (χ0) is 15.7. The number of benzene rings is 1. The summed E-state index contributed by atoms with van der Waals surface area (Å²) >= 11 is 0. The van der Waals surface area contributed by atoms with Crippen LogP contribution in [0.4, 0.5) is 4.39 Å². The van der Waals surface area contributed by atoms with Gasteiger partial charge in [0.05, 0.1) is 23.6 Å². The first-order chi connectivity index (χ1) is 10.6. The van der Waals surface area contributed by atoms with Crippen LogP contribution in [0, 0.1) is 12.7 Å². The van der Waals surface area contributed by atoms with E-state index in [4.69, 9.17) is 0 Å². The van der Waals surface area contributed by atoms with Gasteiger partial charge in [0, 0.05) is 6.20 Å². The number of fused-ring (bicyclic) bond motifs is 1. The summed E-state index contributed by atoms with van der Waals surface area (Å²) in [6, 6.07) is 8.04. The molecule has 1 atom stereocenters. The van der Waals surface area contributed by atoms with Gasteiger partial charge in [-0.25, -0.2) is 9.37 Å². The van der Waals surface area contributed by atoms with Gasteiger partial charge in [0.15, 0.2) is 0 Å². The van der Waals surface area contributed by atoms with E-state index in [0.29, 0.717) is 11.9 Å². The van der Waals surface area contributed by atoms with Crippen molar-refractivity contribution in [1.82, 2.24) is 14.5 Å². The van der Waals surface area contributed by atoms with Gasteiger partial charge < -0.3 is 0 Å². The first kappa shape index (κ1) is 14.4. The van der Waals surface area contributed by atoms with E-state index in [9.17, 15) is 9.18 Å². The molecule has 5 heteroatoms. The third kappa shape index (κ3) is 2.39. The minimum Gasteiger partial charge on any atom is -0.289 e. The lowest BCUT2D eigenvalue weighted by atomic mass is 10.1. The zero-order valence-electron chi connectivity index (χ0n) is 12.5. The highest BCUT2D eigenvalue weighted by Crippen LogP contribution is 2.20. The van der Waals surface area contributed by atoms with Crippen LogP contribution in [0.2, 0.25) is 0 Å². The van der Waals surface area contributed by atoms with E-state index in [1.54, 1.807) is 18.3 Å². The van der Waals surface area contributed by atoms with Crippen LogP contribution in [-0.2, 0) is 0 Å². The molecule has 0 radical (unpaired) electrons. The van der Waals surface area contributed by atoms with E-state index in [2.05, 4.69) is 9.97 Å². The largest absolute Gasteiger partial charge is 0.289 e. The lowest BCUT2D eigenvalue weighted by Crippen LogP contribution is -2.26. The Morgan fingerprint density at radius 2 is 2.05 bits per heavy atom. The summed E-state index contributed by atoms with van der Waals surface area (Å²) in [7, 11) is 0. The Morgan fingerprint density at radius 1 is 1.23 bits per heavy atom. The average Bonchev–Trinajstić information content (AvgIpc) is 2.52. The monoisotopic (exact) mass is 297 g/mol. The summed E-state index contributed by atoms with van der Waals surface area (Å²) in [4.78, 5) is 21.2. The molecule has 112 valence electrons. The molecular weight excluding hydrogens is 281 g/mol. The van der Waals surface area contributed by atoms with Crippen molar-refractivity contribution >= 4 is 10.9 Å². The fraction of sp³-hybridized carbons (Fsp3) is 0.235. The van der Waals surface area contributed by atoms with Gasteiger partial charge in [-0.3, -0.25) is 14.3 Å². The number of nitrogens with zero attached hydrogens (tertiary/aromatic N) is 3. The molecule has 3 aromatic rings. The molecule has 1 aromatic carbocycles. The fourth-order valence-electron chi connectivity index (χ4n) is 2.58. The van der Waals surface area contributed by atoms with Gasteiger partial charge in [-0.05, 0) is 37.1 Å². The van der Waals surface area contributed by atoms with Crippen molar-refractivity contribution < 1.29 is 4.39 Å². The lowest BCUT2D eigenvalue weighted by Gasteiger charge is -2.18. The molecule has 3 rings (SSSR count). The minimum atomic E-state index is -0.545. The molecule has 0 amide bonds. The third-order valence-electron chi connectivity index (χ3n) is 3.76. The first-order valence-corrected chi connectivity index (χ1v) is 7.19. The highest BCUT2D eigenvalue weighted by atomic mass is 19.1. The van der Waals surface area contributed by atoms with Crippen LogP contribution in [0.3, 0.4) is 0 Å². The molecular formula is C17H16FN3O. The molecule has 0 bridgehead atoms. The number of rotatable bonds is 3. The predicted molar refractivity (Wildman–Crippen MR) is 83.4 cm³/mol. The molecule has 0 spiro atoms. The van der Waals surface area contributed by atoms with Gasteiger partial charge in [0.1, 0.15) is 11.2 Å². The van der Waals surface area contributed by atoms with Crippen molar-refractivity contribution in [2.75, 3.05) is 0 Å². The molecule has 2 aromatic heterocycles. The second kappa shape index (κ2) is 5.67. The summed E-state index contributed by atoms with van der Waals surface area (Å²) < 4.78 is 15.4. The third-order valence-corrected chi connectivity index (χ3v) is 3.76. The molecule has 0 N–H and O–H groups in total. The number of halogens is 1. The predicted octanol–water partition coefficient (Wildman–Crippen LogP) is 3.24. The van der Waals surface area contributed by atoms with E-state index >= 15 is 0 Å². The second-order valence-electron chi connectivity index (χ2n) is 5.28. The summed E-state index contributed by atoms with van der Waals surface area (Å²) in [5.74, 6) is -0.545. The molecule has 22 heavy (non-hydrogen) atoms. The van der Waals surface area contributed by atoms with E-state index in [1.165, 1.54) is 17.0 Å². The molecule has 0 saturated carbocycles. The smallest absolute Gasteiger partial charge is 0.264 e. The molecule has 0 saturated heterocycles. The van der Waals surface area contributed by atoms with E-state index < -0.39 is 5.82 Å². The Morgan fingerprint density at radius 3 is 2.73 bits per heavy atom. The van der Waals surface area contributed by atoms with Crippen LogP contribution in [0.1, 0.15) is 30.6 Å². The number of pyridine rings is 1. The summed E-state index contributed by atoms with van der Waals surface area (Å²) in [5, 5.41) is 0.0237. The van der Waals surface area contributed by atoms with E-state index in [-0.39, 0.29) is 17.0 Å². The molecule has 0 fully saturated rings. The van der Waals surface area contributed by atoms with Crippen LogP contribution < -0.4 is 5.56 Å². The maximum absolute atomic E-state index is 14.0. The Kier molecular flexibility index (Phi) is 3.71. The number of aromatic nitrogens is 3. The van der Waals surface area contributed by atoms with Gasteiger partial charge in [-0.2, -0.15) is 0 Å². The molecule has 0 aliphatic rings. The van der Waals surface area contributed by atoms with Crippen molar-refractivity contribution in [2.45, 2.75) is 26.3 Å². The Balaban J connectivity index is 2.19. The van der Waals surface area contributed by atoms with Gasteiger partial charge >= 0.3 is 0 Å². The van der Waals surface area contributed by atoms with Crippen molar-refractivity contribution in [3.05, 3.63) is 70.3 Å². The topological polar surface area (TPSA) is 47.8 Å². The van der Waals surface area contributed by atoms with Crippen molar-refractivity contribution in [1.29, 1.82) is 0 Å². The Hall–Kier alpha value is -2.56. The normalized spacial score (nSPS) is 12.5. The van der Waals surface area contributed by atoms with E-state index in [0.717, 1.165) is 11.3 Å². The fourth-order valence-corrected chi connectivity index (χ4v) is 2.58. The van der Waals surface area contributed by atoms with E-state index in [1.807, 2.05) is 26.0 Å². The number of aryl methyl sites for hydroxylation is 1. The molecule has 0 unspecified atom stereocenters. The minimum absolute atomic E-state index is 0.0237. The van der Waals surface area contributed by atoms with Crippen molar-refractivity contribution in [3.63, 3.8) is 0 Å². The standard InChI is InChI=1S/C17H16FN3O/c1-3-15(13-8-7-11(2)9-19-13)21-10-20-14-6-4-5-12(18)16(14)17(21)22/h4-10,15H,3H2,1-2H3/t15-/m0/s1. The maximum atomic E-state index is 14.0. The Labute approximate surface area is 127 Å². The molecule has 0 aliphatic carbocycles. The van der Waals surface area contributed by atoms with Crippen LogP contribution >= 0.6 is 0 Å². The Bertz CT molecular complexity index is 871. The maximum Gasteiger partial charge on any atom is 0.264 e. The summed E-state index contributed by atoms with van der Waals surface area (Å²) in [5.41, 5.74) is 1.81. The second-order valence-corrected chi connectivity index (χ2v) is 5.28. The number of hydrogen-bond acceptors (Lipinski definition) is 3. The SMILES string of the molecule is CC[C@@H](c1ccc(C)cn1)n1cnc2cccc(F)c2c1=O. The van der Waals surface area contributed by atoms with Gasteiger partial charge in [-0.1, -0.05) is 19.1 Å². The van der Waals surface area contributed by atoms with Crippen molar-refractivity contribution in [2.24, 2.45) is 0 Å². The van der Waals surface area contributed by atoms with Crippen LogP contribution in [0.5, 0.6) is 0 Å². The van der Waals surface area contributed by atoms with Crippen LogP contribution in [0.15, 0.2) is 47.7 Å².